The molecular formula is C10H18N2O. The average Bonchev–Trinajstić information content (AvgIpc) is 2.21. The predicted octanol–water partition coefficient (Wildman–Crippen LogP) is 0.760. The number of piperidine rings is 3. The third-order valence-electron chi connectivity index (χ3n) is 2.76. The van der Waals surface area contributed by atoms with Gasteiger partial charge in [0.1, 0.15) is 0 Å². The lowest BCUT2D eigenvalue weighted by Crippen LogP contribution is -2.41. The van der Waals surface area contributed by atoms with Crippen molar-refractivity contribution in [1.82, 2.24) is 4.90 Å². The van der Waals surface area contributed by atoms with Crippen LogP contribution in [0.2, 0.25) is 0 Å². The van der Waals surface area contributed by atoms with Gasteiger partial charge in [-0.2, -0.15) is 0 Å². The topological polar surface area (TPSA) is 46.3 Å². The molecule has 3 heterocycles. The zero-order valence-electron chi connectivity index (χ0n) is 8.04. The lowest BCUT2D eigenvalue weighted by atomic mass is 9.89. The molecule has 0 aliphatic carbocycles. The van der Waals surface area contributed by atoms with Crippen LogP contribution in [0.25, 0.3) is 0 Å². The molecule has 0 aromatic carbocycles. The van der Waals surface area contributed by atoms with Gasteiger partial charge in [-0.1, -0.05) is 6.58 Å². The average molecular weight is 182 g/mol. The second-order valence-electron chi connectivity index (χ2n) is 3.68. The number of nitrogens with two attached hydrogens (primary N) is 1. The Hall–Kier alpha value is -0.830. The Kier molecular flexibility index (Phi) is 3.96. The fourth-order valence-electron chi connectivity index (χ4n) is 1.86. The minimum atomic E-state index is -0.481. The highest BCUT2D eigenvalue weighted by Crippen LogP contribution is 2.26. The van der Waals surface area contributed by atoms with E-state index >= 15 is 0 Å². The highest BCUT2D eigenvalue weighted by atomic mass is 16.1. The first-order valence-electron chi connectivity index (χ1n) is 4.86. The summed E-state index contributed by atoms with van der Waals surface area (Å²) >= 11 is 0. The first kappa shape index (κ1) is 10.3. The Balaban J connectivity index is 0.000000149. The van der Waals surface area contributed by atoms with Crippen LogP contribution in [-0.4, -0.2) is 30.4 Å². The molecule has 0 unspecified atom stereocenters. The van der Waals surface area contributed by atoms with Gasteiger partial charge in [-0.05, 0) is 50.9 Å². The molecule has 1 amide bonds. The molecular weight excluding hydrogens is 164 g/mol. The van der Waals surface area contributed by atoms with Crippen LogP contribution in [0, 0.1) is 5.92 Å². The summed E-state index contributed by atoms with van der Waals surface area (Å²) in [5.74, 6) is 0.630. The zero-order chi connectivity index (χ0) is 9.68. The van der Waals surface area contributed by atoms with Gasteiger partial charge in [0.15, 0.2) is 0 Å². The summed E-state index contributed by atoms with van der Waals surface area (Å²) in [7, 11) is 0. The van der Waals surface area contributed by atoms with Crippen molar-refractivity contribution < 1.29 is 4.79 Å². The summed E-state index contributed by atoms with van der Waals surface area (Å²) < 4.78 is 0. The first-order chi connectivity index (χ1) is 6.22. The molecule has 2 bridgehead atoms. The fourth-order valence-corrected chi connectivity index (χ4v) is 1.86. The smallest absolute Gasteiger partial charge is 0.240 e. The van der Waals surface area contributed by atoms with E-state index in [-0.39, 0.29) is 0 Å². The number of carbonyl (C=O) groups is 1. The minimum Gasteiger partial charge on any atom is -0.366 e. The third kappa shape index (κ3) is 3.59. The summed E-state index contributed by atoms with van der Waals surface area (Å²) in [5, 5.41) is 0. The molecule has 0 aromatic heterocycles. The van der Waals surface area contributed by atoms with Gasteiger partial charge in [-0.3, -0.25) is 4.79 Å². The fraction of sp³-hybridized carbons (Fsp3) is 0.700. The number of carbonyl (C=O) groups excluding carboxylic acids is 1. The Labute approximate surface area is 79.6 Å². The van der Waals surface area contributed by atoms with Crippen molar-refractivity contribution in [2.75, 3.05) is 19.6 Å². The predicted molar refractivity (Wildman–Crippen MR) is 53.2 cm³/mol. The SMILES string of the molecule is C1CN2CCC1CC2.C=CC(N)=O. The Morgan fingerprint density at radius 2 is 1.69 bits per heavy atom. The van der Waals surface area contributed by atoms with Crippen molar-refractivity contribution in [3.8, 4) is 0 Å². The molecule has 0 atom stereocenters. The van der Waals surface area contributed by atoms with Gasteiger partial charge in [-0.25, -0.2) is 0 Å². The van der Waals surface area contributed by atoms with E-state index in [9.17, 15) is 4.79 Å². The summed E-state index contributed by atoms with van der Waals surface area (Å²) in [6.07, 6.45) is 5.51. The Bertz CT molecular complexity index is 160. The molecule has 3 aliphatic heterocycles. The number of hydrogen-bond acceptors (Lipinski definition) is 2. The molecule has 3 nitrogen and oxygen atoms in total. The van der Waals surface area contributed by atoms with Gasteiger partial charge >= 0.3 is 0 Å². The second-order valence-corrected chi connectivity index (χ2v) is 3.68. The summed E-state index contributed by atoms with van der Waals surface area (Å²) in [4.78, 5) is 12.1. The van der Waals surface area contributed by atoms with Crippen LogP contribution in [0.3, 0.4) is 0 Å². The molecule has 3 saturated heterocycles. The van der Waals surface area contributed by atoms with Crippen LogP contribution in [0.15, 0.2) is 12.7 Å². The number of amides is 1. The van der Waals surface area contributed by atoms with E-state index in [2.05, 4.69) is 17.2 Å². The quantitative estimate of drug-likeness (QED) is 0.608. The number of primary amides is 1. The van der Waals surface area contributed by atoms with E-state index in [0.29, 0.717) is 0 Å². The molecule has 74 valence electrons. The van der Waals surface area contributed by atoms with Crippen LogP contribution < -0.4 is 5.73 Å². The molecule has 0 aromatic rings. The molecule has 13 heavy (non-hydrogen) atoms. The van der Waals surface area contributed by atoms with Gasteiger partial charge in [0.25, 0.3) is 0 Å². The van der Waals surface area contributed by atoms with E-state index < -0.39 is 5.91 Å². The van der Waals surface area contributed by atoms with Crippen LogP contribution in [0.5, 0.6) is 0 Å². The monoisotopic (exact) mass is 182 g/mol. The lowest BCUT2D eigenvalue weighted by Gasteiger charge is -2.38. The zero-order valence-corrected chi connectivity index (χ0v) is 8.04. The van der Waals surface area contributed by atoms with Gasteiger partial charge in [0, 0.05) is 0 Å². The van der Waals surface area contributed by atoms with Crippen molar-refractivity contribution >= 4 is 5.91 Å². The van der Waals surface area contributed by atoms with Crippen molar-refractivity contribution in [3.63, 3.8) is 0 Å². The molecule has 3 fully saturated rings. The van der Waals surface area contributed by atoms with Crippen molar-refractivity contribution in [2.24, 2.45) is 11.7 Å². The van der Waals surface area contributed by atoms with Crippen LogP contribution in [0.1, 0.15) is 19.3 Å². The molecule has 0 spiro atoms. The van der Waals surface area contributed by atoms with Gasteiger partial charge in [-0.15, -0.1) is 0 Å². The Morgan fingerprint density at radius 1 is 1.31 bits per heavy atom. The molecule has 3 rings (SSSR count). The minimum absolute atomic E-state index is 0.481. The van der Waals surface area contributed by atoms with Gasteiger partial charge in [0.05, 0.1) is 0 Å². The van der Waals surface area contributed by atoms with Crippen molar-refractivity contribution in [2.45, 2.75) is 19.3 Å². The normalized spacial score (nSPS) is 30.2. The van der Waals surface area contributed by atoms with E-state index in [4.69, 9.17) is 0 Å². The lowest BCUT2D eigenvalue weighted by molar-refractivity contribution is -0.113. The van der Waals surface area contributed by atoms with Crippen molar-refractivity contribution in [3.05, 3.63) is 12.7 Å². The number of rotatable bonds is 1. The maximum atomic E-state index is 9.47. The summed E-state index contributed by atoms with van der Waals surface area (Å²) in [5.41, 5.74) is 4.53. The number of fused-ring (bicyclic) bond motifs is 3. The maximum absolute atomic E-state index is 9.47. The highest BCUT2D eigenvalue weighted by Gasteiger charge is 2.24. The molecule has 0 saturated carbocycles. The van der Waals surface area contributed by atoms with E-state index in [1.807, 2.05) is 0 Å². The summed E-state index contributed by atoms with van der Waals surface area (Å²) in [6.45, 7) is 7.27. The summed E-state index contributed by atoms with van der Waals surface area (Å²) in [6, 6.07) is 0. The molecule has 0 radical (unpaired) electrons. The van der Waals surface area contributed by atoms with E-state index in [1.54, 1.807) is 0 Å². The highest BCUT2D eigenvalue weighted by molar-refractivity contribution is 5.84. The van der Waals surface area contributed by atoms with Crippen LogP contribution >= 0.6 is 0 Å². The standard InChI is InChI=1S/C7H13N.C3H5NO/c1-4-8-5-2-7(1)3-6-8;1-2-3(4)5/h7H,1-6H2;2H,1H2,(H2,4,5). The molecule has 3 aliphatic rings. The van der Waals surface area contributed by atoms with Gasteiger partial charge in [0.2, 0.25) is 5.91 Å². The number of hydrogen-bond donors (Lipinski definition) is 1. The molecule has 3 heteroatoms. The Morgan fingerprint density at radius 3 is 1.77 bits per heavy atom. The van der Waals surface area contributed by atoms with Gasteiger partial charge < -0.3 is 10.6 Å². The van der Waals surface area contributed by atoms with E-state index in [1.165, 1.54) is 38.9 Å². The van der Waals surface area contributed by atoms with Crippen LogP contribution in [0.4, 0.5) is 0 Å². The van der Waals surface area contributed by atoms with Crippen molar-refractivity contribution in [1.29, 1.82) is 0 Å². The maximum Gasteiger partial charge on any atom is 0.240 e. The molecule has 2 N–H and O–H groups in total. The largest absolute Gasteiger partial charge is 0.366 e. The third-order valence-corrected chi connectivity index (χ3v) is 2.76. The second kappa shape index (κ2) is 5.02. The first-order valence-corrected chi connectivity index (χ1v) is 4.86. The number of nitrogens with zero attached hydrogens (tertiary/aromatic N) is 1. The van der Waals surface area contributed by atoms with E-state index in [0.717, 1.165) is 12.0 Å². The van der Waals surface area contributed by atoms with Crippen LogP contribution in [-0.2, 0) is 4.79 Å².